The predicted molar refractivity (Wildman–Crippen MR) is 79.0 cm³/mol. The number of aromatic nitrogens is 2. The first-order valence-electron chi connectivity index (χ1n) is 6.60. The van der Waals surface area contributed by atoms with E-state index in [2.05, 4.69) is 43.1 Å². The molecule has 0 saturated carbocycles. The van der Waals surface area contributed by atoms with Crippen molar-refractivity contribution in [1.29, 1.82) is 0 Å². The Balaban J connectivity index is 2.08. The number of ether oxygens (including phenoxy) is 1. The normalized spacial score (nSPS) is 19.5. The van der Waals surface area contributed by atoms with Gasteiger partial charge in [0.2, 0.25) is 0 Å². The van der Waals surface area contributed by atoms with Crippen molar-refractivity contribution in [3.63, 3.8) is 0 Å². The molecular formula is C12H20BrN5O. The van der Waals surface area contributed by atoms with Crippen molar-refractivity contribution in [2.45, 2.75) is 32.3 Å². The molecule has 1 aliphatic rings. The Morgan fingerprint density at radius 2 is 2.42 bits per heavy atom. The molecule has 2 rings (SSSR count). The third-order valence-corrected chi connectivity index (χ3v) is 3.87. The zero-order chi connectivity index (χ0) is 13.7. The third kappa shape index (κ3) is 3.55. The second kappa shape index (κ2) is 7.02. The first kappa shape index (κ1) is 14.5. The summed E-state index contributed by atoms with van der Waals surface area (Å²) in [5, 5.41) is 0. The lowest BCUT2D eigenvalue weighted by Crippen LogP contribution is -2.40. The number of hydrogen-bond acceptors (Lipinski definition) is 6. The molecule has 106 valence electrons. The van der Waals surface area contributed by atoms with E-state index in [1.165, 1.54) is 6.33 Å². The molecule has 1 atom stereocenters. The number of nitrogens with zero attached hydrogens (tertiary/aromatic N) is 3. The molecule has 2 heterocycles. The number of piperidine rings is 1. The Hall–Kier alpha value is -0.920. The number of rotatable bonds is 5. The zero-order valence-electron chi connectivity index (χ0n) is 11.1. The topological polar surface area (TPSA) is 76.3 Å². The van der Waals surface area contributed by atoms with Crippen molar-refractivity contribution in [3.05, 3.63) is 10.8 Å². The third-order valence-electron chi connectivity index (χ3n) is 3.14. The monoisotopic (exact) mass is 329 g/mol. The van der Waals surface area contributed by atoms with Gasteiger partial charge < -0.3 is 15.1 Å². The highest BCUT2D eigenvalue weighted by molar-refractivity contribution is 9.10. The smallest absolute Gasteiger partial charge is 0.159 e. The summed E-state index contributed by atoms with van der Waals surface area (Å²) in [7, 11) is 0. The number of anilines is 2. The van der Waals surface area contributed by atoms with Gasteiger partial charge in [-0.15, -0.1) is 0 Å². The molecule has 0 aliphatic carbocycles. The standard InChI is InChI=1S/C12H20BrN5O/c1-2-6-19-9-4-3-5-18(7-9)12-10(13)11(17-14)15-8-16-12/h8-9H,2-7,14H2,1H3,(H,15,16,17). The highest BCUT2D eigenvalue weighted by Gasteiger charge is 2.23. The van der Waals surface area contributed by atoms with E-state index >= 15 is 0 Å². The number of nitrogens with one attached hydrogen (secondary N) is 1. The average molecular weight is 330 g/mol. The molecule has 1 unspecified atom stereocenters. The van der Waals surface area contributed by atoms with Crippen LogP contribution in [0.2, 0.25) is 0 Å². The van der Waals surface area contributed by atoms with Crippen molar-refractivity contribution in [2.75, 3.05) is 30.0 Å². The lowest BCUT2D eigenvalue weighted by Gasteiger charge is -2.34. The molecule has 0 radical (unpaired) electrons. The van der Waals surface area contributed by atoms with Crippen LogP contribution in [-0.2, 0) is 4.74 Å². The van der Waals surface area contributed by atoms with E-state index in [1.54, 1.807) is 0 Å². The van der Waals surface area contributed by atoms with Gasteiger partial charge in [0, 0.05) is 19.7 Å². The van der Waals surface area contributed by atoms with Crippen LogP contribution in [0.1, 0.15) is 26.2 Å². The SMILES string of the molecule is CCCOC1CCCN(c2ncnc(NN)c2Br)C1. The summed E-state index contributed by atoms with van der Waals surface area (Å²) in [6.45, 7) is 4.78. The van der Waals surface area contributed by atoms with E-state index in [0.29, 0.717) is 5.82 Å². The molecule has 7 heteroatoms. The molecule has 3 N–H and O–H groups in total. The van der Waals surface area contributed by atoms with E-state index in [0.717, 1.165) is 49.2 Å². The largest absolute Gasteiger partial charge is 0.376 e. The minimum atomic E-state index is 0.282. The summed E-state index contributed by atoms with van der Waals surface area (Å²) < 4.78 is 6.64. The maximum absolute atomic E-state index is 5.84. The molecule has 1 saturated heterocycles. The molecule has 1 fully saturated rings. The van der Waals surface area contributed by atoms with E-state index < -0.39 is 0 Å². The summed E-state index contributed by atoms with van der Waals surface area (Å²) in [5.74, 6) is 6.90. The van der Waals surface area contributed by atoms with Gasteiger partial charge in [-0.2, -0.15) is 0 Å². The number of hydrazine groups is 1. The Bertz CT molecular complexity index is 417. The fourth-order valence-corrected chi connectivity index (χ4v) is 2.80. The van der Waals surface area contributed by atoms with E-state index in [9.17, 15) is 0 Å². The first-order valence-corrected chi connectivity index (χ1v) is 7.39. The molecule has 19 heavy (non-hydrogen) atoms. The molecule has 1 aromatic rings. The minimum Gasteiger partial charge on any atom is -0.376 e. The molecule has 1 aliphatic heterocycles. The molecule has 0 amide bonds. The van der Waals surface area contributed by atoms with Crippen LogP contribution in [0.3, 0.4) is 0 Å². The van der Waals surface area contributed by atoms with Crippen LogP contribution in [0.25, 0.3) is 0 Å². The van der Waals surface area contributed by atoms with Crippen molar-refractivity contribution >= 4 is 27.6 Å². The predicted octanol–water partition coefficient (Wildman–Crippen LogP) is 1.92. The fraction of sp³-hybridized carbons (Fsp3) is 0.667. The number of hydrogen-bond donors (Lipinski definition) is 2. The van der Waals surface area contributed by atoms with Crippen LogP contribution in [0.15, 0.2) is 10.8 Å². The molecular weight excluding hydrogens is 310 g/mol. The first-order chi connectivity index (χ1) is 9.26. The number of nitrogen functional groups attached to an aromatic ring is 1. The Kier molecular flexibility index (Phi) is 5.35. The maximum Gasteiger partial charge on any atom is 0.159 e. The van der Waals surface area contributed by atoms with Gasteiger partial charge in [0.05, 0.1) is 6.10 Å². The Morgan fingerprint density at radius 1 is 1.58 bits per heavy atom. The molecule has 1 aromatic heterocycles. The van der Waals surface area contributed by atoms with Gasteiger partial charge in [-0.1, -0.05) is 6.92 Å². The van der Waals surface area contributed by atoms with Crippen LogP contribution in [-0.4, -0.2) is 35.8 Å². The summed E-state index contributed by atoms with van der Waals surface area (Å²) in [4.78, 5) is 10.6. The van der Waals surface area contributed by atoms with Gasteiger partial charge in [-0.3, -0.25) is 0 Å². The van der Waals surface area contributed by atoms with Gasteiger partial charge in [0.15, 0.2) is 5.82 Å². The van der Waals surface area contributed by atoms with Gasteiger partial charge >= 0.3 is 0 Å². The average Bonchev–Trinajstić information content (AvgIpc) is 2.45. The summed E-state index contributed by atoms with van der Waals surface area (Å²) in [5.41, 5.74) is 2.56. The second-order valence-electron chi connectivity index (χ2n) is 4.59. The highest BCUT2D eigenvalue weighted by atomic mass is 79.9. The molecule has 0 bridgehead atoms. The van der Waals surface area contributed by atoms with E-state index in [4.69, 9.17) is 10.6 Å². The quantitative estimate of drug-likeness (QED) is 0.635. The lowest BCUT2D eigenvalue weighted by molar-refractivity contribution is 0.0439. The van der Waals surface area contributed by atoms with Gasteiger partial charge in [-0.25, -0.2) is 15.8 Å². The lowest BCUT2D eigenvalue weighted by atomic mass is 10.1. The molecule has 0 aromatic carbocycles. The zero-order valence-corrected chi connectivity index (χ0v) is 12.7. The van der Waals surface area contributed by atoms with Crippen LogP contribution in [0.5, 0.6) is 0 Å². The van der Waals surface area contributed by atoms with Gasteiger partial charge in [-0.05, 0) is 35.2 Å². The van der Waals surface area contributed by atoms with E-state index in [-0.39, 0.29) is 6.10 Å². The Labute approximate surface area is 121 Å². The Morgan fingerprint density at radius 3 is 3.16 bits per heavy atom. The van der Waals surface area contributed by atoms with Crippen molar-refractivity contribution in [2.24, 2.45) is 5.84 Å². The van der Waals surface area contributed by atoms with Crippen LogP contribution >= 0.6 is 15.9 Å². The molecule has 6 nitrogen and oxygen atoms in total. The van der Waals surface area contributed by atoms with Crippen molar-refractivity contribution in [3.8, 4) is 0 Å². The minimum absolute atomic E-state index is 0.282. The summed E-state index contributed by atoms with van der Waals surface area (Å²) >= 11 is 3.50. The van der Waals surface area contributed by atoms with Crippen LogP contribution in [0.4, 0.5) is 11.6 Å². The van der Waals surface area contributed by atoms with E-state index in [1.807, 2.05) is 0 Å². The van der Waals surface area contributed by atoms with Crippen molar-refractivity contribution in [1.82, 2.24) is 9.97 Å². The van der Waals surface area contributed by atoms with Crippen LogP contribution < -0.4 is 16.2 Å². The van der Waals surface area contributed by atoms with Gasteiger partial charge in [0.25, 0.3) is 0 Å². The summed E-state index contributed by atoms with van der Waals surface area (Å²) in [6, 6.07) is 0. The second-order valence-corrected chi connectivity index (χ2v) is 5.38. The maximum atomic E-state index is 5.84. The number of nitrogens with two attached hydrogens (primary N) is 1. The van der Waals surface area contributed by atoms with Gasteiger partial charge in [0.1, 0.15) is 16.6 Å². The fourth-order valence-electron chi connectivity index (χ4n) is 2.23. The van der Waals surface area contributed by atoms with Crippen molar-refractivity contribution < 1.29 is 4.74 Å². The summed E-state index contributed by atoms with van der Waals surface area (Å²) in [6.07, 6.45) is 5.07. The highest BCUT2D eigenvalue weighted by Crippen LogP contribution is 2.30. The molecule has 0 spiro atoms. The van der Waals surface area contributed by atoms with Crippen LogP contribution in [0, 0.1) is 0 Å². The number of halogens is 1.